The van der Waals surface area contributed by atoms with Crippen LogP contribution in [-0.4, -0.2) is 12.1 Å². The molecule has 0 rings (SSSR count). The highest BCUT2D eigenvalue weighted by Crippen LogP contribution is 2.25. The van der Waals surface area contributed by atoms with Gasteiger partial charge < -0.3 is 11.5 Å². The molecule has 0 amide bonds. The molecule has 0 saturated heterocycles. The molecular formula is C13H30N2. The highest BCUT2D eigenvalue weighted by Gasteiger charge is 2.23. The standard InChI is InChI=1S/C13H30N2/c1-4-5-6-7-9-12(10-8-11-14)13(2,3)15/h12H,4-11,14-15H2,1-3H3. The number of nitrogens with two attached hydrogens (primary N) is 2. The van der Waals surface area contributed by atoms with Crippen LogP contribution in [0.2, 0.25) is 0 Å². The first kappa shape index (κ1) is 14.9. The summed E-state index contributed by atoms with van der Waals surface area (Å²) in [5, 5.41) is 0. The summed E-state index contributed by atoms with van der Waals surface area (Å²) in [6.45, 7) is 7.34. The van der Waals surface area contributed by atoms with Crippen LogP contribution in [0, 0.1) is 5.92 Å². The third-order valence-corrected chi connectivity index (χ3v) is 3.22. The van der Waals surface area contributed by atoms with E-state index in [1.54, 1.807) is 0 Å². The van der Waals surface area contributed by atoms with Crippen molar-refractivity contribution in [1.29, 1.82) is 0 Å². The summed E-state index contributed by atoms with van der Waals surface area (Å²) < 4.78 is 0. The van der Waals surface area contributed by atoms with Crippen LogP contribution in [0.1, 0.15) is 65.7 Å². The number of hydrogen-bond acceptors (Lipinski definition) is 2. The van der Waals surface area contributed by atoms with Crippen molar-refractivity contribution in [1.82, 2.24) is 0 Å². The fraction of sp³-hybridized carbons (Fsp3) is 1.00. The Labute approximate surface area is 95.8 Å². The van der Waals surface area contributed by atoms with Crippen LogP contribution in [-0.2, 0) is 0 Å². The van der Waals surface area contributed by atoms with E-state index < -0.39 is 0 Å². The van der Waals surface area contributed by atoms with E-state index in [4.69, 9.17) is 11.5 Å². The van der Waals surface area contributed by atoms with Crippen molar-refractivity contribution in [2.45, 2.75) is 71.3 Å². The molecule has 0 bridgehead atoms. The molecule has 0 heterocycles. The fourth-order valence-electron chi connectivity index (χ4n) is 2.07. The normalized spacial score (nSPS) is 14.2. The van der Waals surface area contributed by atoms with Gasteiger partial charge in [0.1, 0.15) is 0 Å². The van der Waals surface area contributed by atoms with Crippen LogP contribution in [0.5, 0.6) is 0 Å². The zero-order valence-electron chi connectivity index (χ0n) is 10.9. The smallest absolute Gasteiger partial charge is 0.0125 e. The Morgan fingerprint density at radius 3 is 2.07 bits per heavy atom. The van der Waals surface area contributed by atoms with Crippen molar-refractivity contribution in [3.05, 3.63) is 0 Å². The molecule has 0 fully saturated rings. The molecule has 0 aliphatic heterocycles. The molecule has 2 heteroatoms. The lowest BCUT2D eigenvalue weighted by molar-refractivity contribution is 0.271. The first-order valence-electron chi connectivity index (χ1n) is 6.51. The third-order valence-electron chi connectivity index (χ3n) is 3.22. The maximum atomic E-state index is 6.19. The van der Waals surface area contributed by atoms with Crippen LogP contribution in [0.15, 0.2) is 0 Å². The van der Waals surface area contributed by atoms with Crippen molar-refractivity contribution in [3.8, 4) is 0 Å². The van der Waals surface area contributed by atoms with Gasteiger partial charge in [-0.05, 0) is 45.6 Å². The summed E-state index contributed by atoms with van der Waals surface area (Å²) in [5.74, 6) is 0.637. The Bertz CT molecular complexity index is 138. The van der Waals surface area contributed by atoms with Gasteiger partial charge in [0, 0.05) is 5.54 Å². The highest BCUT2D eigenvalue weighted by atomic mass is 14.7. The van der Waals surface area contributed by atoms with E-state index in [2.05, 4.69) is 20.8 Å². The Balaban J connectivity index is 3.81. The summed E-state index contributed by atoms with van der Waals surface area (Å²) in [6.07, 6.45) is 8.90. The minimum atomic E-state index is -0.0403. The van der Waals surface area contributed by atoms with Crippen LogP contribution >= 0.6 is 0 Å². The minimum absolute atomic E-state index is 0.0403. The van der Waals surface area contributed by atoms with Crippen molar-refractivity contribution >= 4 is 0 Å². The van der Waals surface area contributed by atoms with Crippen LogP contribution in [0.3, 0.4) is 0 Å². The second kappa shape index (κ2) is 8.12. The lowest BCUT2D eigenvalue weighted by atomic mass is 9.81. The van der Waals surface area contributed by atoms with Crippen LogP contribution in [0.4, 0.5) is 0 Å². The van der Waals surface area contributed by atoms with Crippen molar-refractivity contribution < 1.29 is 0 Å². The molecule has 15 heavy (non-hydrogen) atoms. The van der Waals surface area contributed by atoms with Gasteiger partial charge in [0.15, 0.2) is 0 Å². The van der Waals surface area contributed by atoms with Gasteiger partial charge in [0.05, 0.1) is 0 Å². The van der Waals surface area contributed by atoms with Gasteiger partial charge in [-0.3, -0.25) is 0 Å². The molecule has 1 atom stereocenters. The molecule has 0 aliphatic carbocycles. The van der Waals surface area contributed by atoms with Gasteiger partial charge in [0.2, 0.25) is 0 Å². The maximum absolute atomic E-state index is 6.19. The lowest BCUT2D eigenvalue weighted by Gasteiger charge is -2.30. The molecule has 0 aromatic heterocycles. The van der Waals surface area contributed by atoms with E-state index in [0.29, 0.717) is 5.92 Å². The average molecular weight is 214 g/mol. The van der Waals surface area contributed by atoms with Gasteiger partial charge in [-0.2, -0.15) is 0 Å². The summed E-state index contributed by atoms with van der Waals surface area (Å²) in [5.41, 5.74) is 11.7. The molecule has 2 nitrogen and oxygen atoms in total. The molecule has 0 saturated carbocycles. The van der Waals surface area contributed by atoms with E-state index >= 15 is 0 Å². The Kier molecular flexibility index (Phi) is 8.07. The average Bonchev–Trinajstić information content (AvgIpc) is 2.15. The van der Waals surface area contributed by atoms with E-state index in [0.717, 1.165) is 13.0 Å². The van der Waals surface area contributed by atoms with E-state index in [1.165, 1.54) is 38.5 Å². The summed E-state index contributed by atoms with van der Waals surface area (Å²) in [7, 11) is 0. The number of hydrogen-bond donors (Lipinski definition) is 2. The van der Waals surface area contributed by atoms with E-state index in [1.807, 2.05) is 0 Å². The van der Waals surface area contributed by atoms with Crippen molar-refractivity contribution in [2.75, 3.05) is 6.54 Å². The molecule has 0 spiro atoms. The van der Waals surface area contributed by atoms with E-state index in [-0.39, 0.29) is 5.54 Å². The molecule has 4 N–H and O–H groups in total. The van der Waals surface area contributed by atoms with Gasteiger partial charge in [-0.1, -0.05) is 32.6 Å². The van der Waals surface area contributed by atoms with Crippen molar-refractivity contribution in [3.63, 3.8) is 0 Å². The molecule has 0 aromatic rings. The molecule has 1 unspecified atom stereocenters. The second-order valence-corrected chi connectivity index (χ2v) is 5.30. The zero-order chi connectivity index (χ0) is 11.7. The Morgan fingerprint density at radius 1 is 1.00 bits per heavy atom. The minimum Gasteiger partial charge on any atom is -0.330 e. The quantitative estimate of drug-likeness (QED) is 0.580. The fourth-order valence-corrected chi connectivity index (χ4v) is 2.07. The van der Waals surface area contributed by atoms with Gasteiger partial charge in [-0.15, -0.1) is 0 Å². The SMILES string of the molecule is CCCCCCC(CCCN)C(C)(C)N. The number of rotatable bonds is 9. The predicted octanol–water partition coefficient (Wildman–Crippen LogP) is 3.05. The van der Waals surface area contributed by atoms with Gasteiger partial charge in [-0.25, -0.2) is 0 Å². The van der Waals surface area contributed by atoms with Crippen LogP contribution < -0.4 is 11.5 Å². The second-order valence-electron chi connectivity index (χ2n) is 5.30. The van der Waals surface area contributed by atoms with Crippen LogP contribution in [0.25, 0.3) is 0 Å². The maximum Gasteiger partial charge on any atom is 0.0125 e. The molecule has 0 radical (unpaired) electrons. The van der Waals surface area contributed by atoms with Gasteiger partial charge in [0.25, 0.3) is 0 Å². The monoisotopic (exact) mass is 214 g/mol. The zero-order valence-corrected chi connectivity index (χ0v) is 10.9. The largest absolute Gasteiger partial charge is 0.330 e. The lowest BCUT2D eigenvalue weighted by Crippen LogP contribution is -2.41. The third kappa shape index (κ3) is 7.80. The van der Waals surface area contributed by atoms with E-state index in [9.17, 15) is 0 Å². The van der Waals surface area contributed by atoms with Gasteiger partial charge >= 0.3 is 0 Å². The summed E-state index contributed by atoms with van der Waals surface area (Å²) in [4.78, 5) is 0. The first-order valence-corrected chi connectivity index (χ1v) is 6.51. The topological polar surface area (TPSA) is 52.0 Å². The molecule has 0 aromatic carbocycles. The number of unbranched alkanes of at least 4 members (excludes halogenated alkanes) is 3. The summed E-state index contributed by atoms with van der Waals surface area (Å²) >= 11 is 0. The predicted molar refractivity (Wildman–Crippen MR) is 68.8 cm³/mol. The Morgan fingerprint density at radius 2 is 1.60 bits per heavy atom. The Hall–Kier alpha value is -0.0800. The highest BCUT2D eigenvalue weighted by molar-refractivity contribution is 4.82. The first-order chi connectivity index (χ1) is 7.02. The van der Waals surface area contributed by atoms with Crippen molar-refractivity contribution in [2.24, 2.45) is 17.4 Å². The molecular weight excluding hydrogens is 184 g/mol. The molecule has 0 aliphatic rings. The summed E-state index contributed by atoms with van der Waals surface area (Å²) in [6, 6.07) is 0. The molecule has 92 valence electrons.